The standard InChI is InChI=1S/C24H21N5O/c1-16-4-6-18(7-5-16)8-10-22-20(21-15-27-13-12-19(21)14-25)9-11-23(28-22)29-24(30)17(2)26-3/h4-7,9,11-13,15,17,26H,1-3H3,(H,28,29,30). The van der Waals surface area contributed by atoms with Crippen molar-refractivity contribution in [3.63, 3.8) is 0 Å². The summed E-state index contributed by atoms with van der Waals surface area (Å²) in [5.74, 6) is 6.39. The number of hydrogen-bond donors (Lipinski definition) is 2. The molecule has 1 atom stereocenters. The normalized spacial score (nSPS) is 11.0. The molecule has 0 aliphatic rings. The average molecular weight is 395 g/mol. The van der Waals surface area contributed by atoms with Crippen LogP contribution in [0.1, 0.15) is 29.3 Å². The summed E-state index contributed by atoms with van der Waals surface area (Å²) in [5, 5.41) is 15.1. The summed E-state index contributed by atoms with van der Waals surface area (Å²) in [6.07, 6.45) is 3.19. The van der Waals surface area contributed by atoms with Crippen LogP contribution in [0.3, 0.4) is 0 Å². The zero-order valence-corrected chi connectivity index (χ0v) is 17.0. The van der Waals surface area contributed by atoms with Gasteiger partial charge in [-0.1, -0.05) is 23.6 Å². The second-order valence-electron chi connectivity index (χ2n) is 6.74. The van der Waals surface area contributed by atoms with Crippen molar-refractivity contribution in [1.29, 1.82) is 5.26 Å². The van der Waals surface area contributed by atoms with E-state index in [1.807, 2.05) is 31.2 Å². The lowest BCUT2D eigenvalue weighted by Crippen LogP contribution is -2.35. The van der Waals surface area contributed by atoms with Crippen molar-refractivity contribution in [3.05, 3.63) is 77.2 Å². The predicted molar refractivity (Wildman–Crippen MR) is 116 cm³/mol. The fraction of sp³-hybridized carbons (Fsp3) is 0.167. The summed E-state index contributed by atoms with van der Waals surface area (Å²) in [7, 11) is 1.71. The molecule has 1 unspecified atom stereocenters. The van der Waals surface area contributed by atoms with Crippen LogP contribution in [-0.2, 0) is 4.79 Å². The van der Waals surface area contributed by atoms with Crippen LogP contribution < -0.4 is 10.6 Å². The van der Waals surface area contributed by atoms with Gasteiger partial charge in [0.1, 0.15) is 11.5 Å². The Labute approximate surface area is 176 Å². The number of pyridine rings is 2. The highest BCUT2D eigenvalue weighted by Gasteiger charge is 2.14. The van der Waals surface area contributed by atoms with Crippen molar-refractivity contribution in [3.8, 4) is 29.0 Å². The number of rotatable bonds is 4. The van der Waals surface area contributed by atoms with E-state index in [9.17, 15) is 10.1 Å². The summed E-state index contributed by atoms with van der Waals surface area (Å²) in [4.78, 5) is 20.9. The van der Waals surface area contributed by atoms with Crippen molar-refractivity contribution in [2.75, 3.05) is 12.4 Å². The minimum Gasteiger partial charge on any atom is -0.309 e. The van der Waals surface area contributed by atoms with Gasteiger partial charge in [0, 0.05) is 29.1 Å². The molecule has 0 spiro atoms. The number of carbonyl (C=O) groups excluding carboxylic acids is 1. The largest absolute Gasteiger partial charge is 0.309 e. The number of hydrogen-bond acceptors (Lipinski definition) is 5. The summed E-state index contributed by atoms with van der Waals surface area (Å²) >= 11 is 0. The van der Waals surface area contributed by atoms with Gasteiger partial charge in [-0.05, 0) is 57.1 Å². The number of aryl methyl sites for hydroxylation is 1. The Balaban J connectivity index is 2.07. The number of likely N-dealkylation sites (N-methyl/N-ethyl adjacent to an activating group) is 1. The Morgan fingerprint density at radius 3 is 2.53 bits per heavy atom. The summed E-state index contributed by atoms with van der Waals surface area (Å²) in [6, 6.07) is 14.8. The van der Waals surface area contributed by atoms with E-state index in [4.69, 9.17) is 0 Å². The second-order valence-corrected chi connectivity index (χ2v) is 6.74. The molecule has 2 aromatic heterocycles. The molecule has 30 heavy (non-hydrogen) atoms. The highest BCUT2D eigenvalue weighted by molar-refractivity contribution is 5.94. The lowest BCUT2D eigenvalue weighted by Gasteiger charge is -2.12. The van der Waals surface area contributed by atoms with E-state index in [1.54, 1.807) is 44.6 Å². The molecule has 2 N–H and O–H groups in total. The molecule has 6 nitrogen and oxygen atoms in total. The zero-order chi connectivity index (χ0) is 21.5. The van der Waals surface area contributed by atoms with Crippen molar-refractivity contribution in [1.82, 2.24) is 15.3 Å². The number of amides is 1. The van der Waals surface area contributed by atoms with Gasteiger partial charge in [0.15, 0.2) is 0 Å². The lowest BCUT2D eigenvalue weighted by atomic mass is 10.0. The number of anilines is 1. The minimum absolute atomic E-state index is 0.200. The Morgan fingerprint density at radius 1 is 1.07 bits per heavy atom. The molecule has 148 valence electrons. The van der Waals surface area contributed by atoms with Crippen LogP contribution in [0.4, 0.5) is 5.82 Å². The van der Waals surface area contributed by atoms with Gasteiger partial charge < -0.3 is 10.6 Å². The first-order valence-corrected chi connectivity index (χ1v) is 9.44. The van der Waals surface area contributed by atoms with E-state index in [2.05, 4.69) is 38.5 Å². The third kappa shape index (κ3) is 4.88. The summed E-state index contributed by atoms with van der Waals surface area (Å²) < 4.78 is 0. The Bertz CT molecular complexity index is 1170. The smallest absolute Gasteiger partial charge is 0.242 e. The number of carbonyl (C=O) groups is 1. The first-order valence-electron chi connectivity index (χ1n) is 9.44. The number of aromatic nitrogens is 2. The monoisotopic (exact) mass is 395 g/mol. The molecule has 0 aliphatic heterocycles. The van der Waals surface area contributed by atoms with Crippen molar-refractivity contribution in [2.24, 2.45) is 0 Å². The number of nitrogens with one attached hydrogen (secondary N) is 2. The molecule has 0 bridgehead atoms. The fourth-order valence-corrected chi connectivity index (χ4v) is 2.68. The van der Waals surface area contributed by atoms with Gasteiger partial charge in [-0.3, -0.25) is 9.78 Å². The molecule has 0 aliphatic carbocycles. The van der Waals surface area contributed by atoms with E-state index in [-0.39, 0.29) is 11.9 Å². The number of nitriles is 1. The maximum absolute atomic E-state index is 12.2. The second kappa shape index (κ2) is 9.47. The van der Waals surface area contributed by atoms with Crippen LogP contribution in [0.25, 0.3) is 11.1 Å². The lowest BCUT2D eigenvalue weighted by molar-refractivity contribution is -0.117. The van der Waals surface area contributed by atoms with Gasteiger partial charge in [-0.15, -0.1) is 0 Å². The maximum atomic E-state index is 12.2. The molecule has 2 heterocycles. The van der Waals surface area contributed by atoms with Gasteiger partial charge in [-0.2, -0.15) is 5.26 Å². The van der Waals surface area contributed by atoms with Crippen LogP contribution in [0.2, 0.25) is 0 Å². The van der Waals surface area contributed by atoms with Gasteiger partial charge >= 0.3 is 0 Å². The summed E-state index contributed by atoms with van der Waals surface area (Å²) in [5.41, 5.74) is 4.25. The van der Waals surface area contributed by atoms with Gasteiger partial charge in [0.05, 0.1) is 17.7 Å². The van der Waals surface area contributed by atoms with E-state index in [0.29, 0.717) is 28.2 Å². The van der Waals surface area contributed by atoms with Crippen LogP contribution in [0.5, 0.6) is 0 Å². The predicted octanol–water partition coefficient (Wildman–Crippen LogP) is 3.27. The number of nitrogens with zero attached hydrogens (tertiary/aromatic N) is 3. The first-order chi connectivity index (χ1) is 14.5. The van der Waals surface area contributed by atoms with Crippen molar-refractivity contribution >= 4 is 11.7 Å². The molecular weight excluding hydrogens is 374 g/mol. The van der Waals surface area contributed by atoms with Gasteiger partial charge in [-0.25, -0.2) is 4.98 Å². The molecule has 0 saturated heterocycles. The van der Waals surface area contributed by atoms with Crippen LogP contribution >= 0.6 is 0 Å². The van der Waals surface area contributed by atoms with Gasteiger partial charge in [0.2, 0.25) is 5.91 Å². The average Bonchev–Trinajstić information content (AvgIpc) is 2.78. The SMILES string of the molecule is CNC(C)C(=O)Nc1ccc(-c2cnccc2C#N)c(C#Cc2ccc(C)cc2)n1. The molecule has 0 saturated carbocycles. The zero-order valence-electron chi connectivity index (χ0n) is 17.0. The maximum Gasteiger partial charge on any atom is 0.242 e. The topological polar surface area (TPSA) is 90.7 Å². The Morgan fingerprint density at radius 2 is 1.83 bits per heavy atom. The fourth-order valence-electron chi connectivity index (χ4n) is 2.68. The quantitative estimate of drug-likeness (QED) is 0.662. The molecule has 0 radical (unpaired) electrons. The van der Waals surface area contributed by atoms with E-state index >= 15 is 0 Å². The number of benzene rings is 1. The molecule has 0 fully saturated rings. The van der Waals surface area contributed by atoms with Crippen molar-refractivity contribution in [2.45, 2.75) is 19.9 Å². The first kappa shape index (κ1) is 20.7. The third-order valence-electron chi connectivity index (χ3n) is 4.58. The highest BCUT2D eigenvalue weighted by Crippen LogP contribution is 2.26. The van der Waals surface area contributed by atoms with Crippen molar-refractivity contribution < 1.29 is 4.79 Å². The summed E-state index contributed by atoms with van der Waals surface area (Å²) in [6.45, 7) is 3.78. The third-order valence-corrected chi connectivity index (χ3v) is 4.58. The van der Waals surface area contributed by atoms with Crippen LogP contribution in [0, 0.1) is 30.1 Å². The molecule has 3 rings (SSSR count). The highest BCUT2D eigenvalue weighted by atomic mass is 16.2. The van der Waals surface area contributed by atoms with Gasteiger partial charge in [0.25, 0.3) is 0 Å². The Kier molecular flexibility index (Phi) is 6.54. The molecule has 3 aromatic rings. The molecule has 6 heteroatoms. The molecular formula is C24H21N5O. The van der Waals surface area contributed by atoms with Crippen LogP contribution in [-0.4, -0.2) is 29.0 Å². The minimum atomic E-state index is -0.364. The molecule has 1 aromatic carbocycles. The van der Waals surface area contributed by atoms with E-state index in [0.717, 1.165) is 11.1 Å². The van der Waals surface area contributed by atoms with E-state index in [1.165, 1.54) is 0 Å². The van der Waals surface area contributed by atoms with Crippen LogP contribution in [0.15, 0.2) is 54.9 Å². The Hall–Kier alpha value is -4.00. The van der Waals surface area contributed by atoms with E-state index < -0.39 is 0 Å². The molecule has 1 amide bonds.